The number of nitrogens with one attached hydrogen (secondary N) is 1. The number of thioether (sulfide) groups is 1. The van der Waals surface area contributed by atoms with Gasteiger partial charge in [0.15, 0.2) is 16.3 Å². The lowest BCUT2D eigenvalue weighted by Gasteiger charge is -2.09. The maximum Gasteiger partial charge on any atom is 0.330 e. The van der Waals surface area contributed by atoms with E-state index in [2.05, 4.69) is 28.7 Å². The van der Waals surface area contributed by atoms with E-state index in [-0.39, 0.29) is 0 Å². The van der Waals surface area contributed by atoms with Gasteiger partial charge < -0.3 is 9.13 Å². The van der Waals surface area contributed by atoms with E-state index < -0.39 is 11.2 Å². The molecule has 9 nitrogen and oxygen atoms in total. The van der Waals surface area contributed by atoms with E-state index in [1.807, 2.05) is 39.5 Å². The molecular weight excluding hydrogens is 426 g/mol. The Balaban J connectivity index is 1.77. The molecule has 0 saturated heterocycles. The molecule has 0 aliphatic heterocycles. The standard InChI is InChI=1S/C22H25N7O2S/c1-3-5-12-28-17(14-32-22-26-23-15-27(22)11-4-2)24-19-18(28)20(30)25-21(31)29(19)13-16-9-7-6-8-10-16/h4,6-10,15H,2-3,5,11-14H2,1H3,(H,25,30,31). The predicted molar refractivity (Wildman–Crippen MR) is 125 cm³/mol. The molecule has 0 saturated carbocycles. The van der Waals surface area contributed by atoms with Crippen molar-refractivity contribution in [1.82, 2.24) is 33.9 Å². The second kappa shape index (κ2) is 9.82. The number of hydrogen-bond donors (Lipinski definition) is 1. The third-order valence-corrected chi connectivity index (χ3v) is 6.10. The van der Waals surface area contributed by atoms with E-state index >= 15 is 0 Å². The number of rotatable bonds is 10. The minimum atomic E-state index is -0.462. The summed E-state index contributed by atoms with van der Waals surface area (Å²) in [6.45, 7) is 7.45. The van der Waals surface area contributed by atoms with Crippen molar-refractivity contribution in [3.63, 3.8) is 0 Å². The van der Waals surface area contributed by atoms with Crippen LogP contribution in [0, 0.1) is 0 Å². The largest absolute Gasteiger partial charge is 0.330 e. The van der Waals surface area contributed by atoms with Crippen molar-refractivity contribution < 1.29 is 0 Å². The molecule has 0 fully saturated rings. The van der Waals surface area contributed by atoms with Crippen molar-refractivity contribution in [1.29, 1.82) is 0 Å². The average molecular weight is 452 g/mol. The molecule has 0 aliphatic rings. The summed E-state index contributed by atoms with van der Waals surface area (Å²) in [4.78, 5) is 32.7. The smallest absolute Gasteiger partial charge is 0.321 e. The number of aryl methyl sites for hydroxylation is 1. The van der Waals surface area contributed by atoms with Crippen molar-refractivity contribution in [3.05, 3.63) is 81.5 Å². The normalized spacial score (nSPS) is 11.3. The van der Waals surface area contributed by atoms with Gasteiger partial charge in [-0.3, -0.25) is 14.3 Å². The Hall–Kier alpha value is -3.40. The van der Waals surface area contributed by atoms with Crippen LogP contribution in [-0.4, -0.2) is 33.9 Å². The summed E-state index contributed by atoms with van der Waals surface area (Å²) in [6.07, 6.45) is 5.31. The quantitative estimate of drug-likeness (QED) is 0.294. The molecule has 32 heavy (non-hydrogen) atoms. The number of hydrogen-bond acceptors (Lipinski definition) is 6. The molecule has 3 heterocycles. The zero-order chi connectivity index (χ0) is 22.5. The topological polar surface area (TPSA) is 103 Å². The fourth-order valence-electron chi connectivity index (χ4n) is 3.55. The molecule has 0 amide bonds. The average Bonchev–Trinajstić information content (AvgIpc) is 3.39. The minimum absolute atomic E-state index is 0.331. The third-order valence-electron chi connectivity index (χ3n) is 5.12. The van der Waals surface area contributed by atoms with Gasteiger partial charge in [0, 0.05) is 13.1 Å². The van der Waals surface area contributed by atoms with Crippen molar-refractivity contribution in [3.8, 4) is 0 Å². The van der Waals surface area contributed by atoms with Gasteiger partial charge in [0.05, 0.1) is 12.3 Å². The van der Waals surface area contributed by atoms with Crippen LogP contribution in [0.15, 0.2) is 64.1 Å². The Morgan fingerprint density at radius 2 is 2.00 bits per heavy atom. The Morgan fingerprint density at radius 1 is 1.19 bits per heavy atom. The van der Waals surface area contributed by atoms with Gasteiger partial charge in [-0.05, 0) is 12.0 Å². The van der Waals surface area contributed by atoms with E-state index in [1.54, 1.807) is 12.4 Å². The summed E-state index contributed by atoms with van der Waals surface area (Å²) >= 11 is 1.49. The maximum atomic E-state index is 12.8. The Morgan fingerprint density at radius 3 is 2.75 bits per heavy atom. The summed E-state index contributed by atoms with van der Waals surface area (Å²) in [7, 11) is 0. The summed E-state index contributed by atoms with van der Waals surface area (Å²) < 4.78 is 5.36. The van der Waals surface area contributed by atoms with Gasteiger partial charge in [0.25, 0.3) is 5.56 Å². The Labute approximate surface area is 188 Å². The van der Waals surface area contributed by atoms with Crippen LogP contribution in [0.5, 0.6) is 0 Å². The van der Waals surface area contributed by atoms with Gasteiger partial charge in [-0.2, -0.15) is 0 Å². The number of allylic oxidation sites excluding steroid dienone is 1. The number of nitrogens with zero attached hydrogens (tertiary/aromatic N) is 6. The molecule has 4 rings (SSSR count). The minimum Gasteiger partial charge on any atom is -0.321 e. The molecule has 1 aromatic carbocycles. The molecule has 1 N–H and O–H groups in total. The van der Waals surface area contributed by atoms with Crippen molar-refractivity contribution in [2.24, 2.45) is 0 Å². The first-order valence-electron chi connectivity index (χ1n) is 10.5. The molecule has 0 aliphatic carbocycles. The van der Waals surface area contributed by atoms with Crippen molar-refractivity contribution in [2.45, 2.75) is 50.3 Å². The SMILES string of the molecule is C=CCn1cnnc1SCc1nc2c(c(=O)[nH]c(=O)n2Cc2ccccc2)n1CCCC. The van der Waals surface area contributed by atoms with E-state index in [1.165, 1.54) is 16.3 Å². The van der Waals surface area contributed by atoms with Gasteiger partial charge in [-0.15, -0.1) is 16.8 Å². The first-order valence-corrected chi connectivity index (χ1v) is 11.5. The fraction of sp³-hybridized carbons (Fsp3) is 0.318. The molecule has 0 bridgehead atoms. The second-order valence-electron chi connectivity index (χ2n) is 7.38. The second-order valence-corrected chi connectivity index (χ2v) is 8.32. The molecular formula is C22H25N7O2S. The maximum absolute atomic E-state index is 12.8. The highest BCUT2D eigenvalue weighted by atomic mass is 32.2. The predicted octanol–water partition coefficient (Wildman–Crippen LogP) is 2.80. The summed E-state index contributed by atoms with van der Waals surface area (Å²) in [6, 6.07) is 9.66. The van der Waals surface area contributed by atoms with Gasteiger partial charge in [0.1, 0.15) is 12.2 Å². The van der Waals surface area contributed by atoms with Gasteiger partial charge in [-0.25, -0.2) is 9.78 Å². The molecule has 166 valence electrons. The van der Waals surface area contributed by atoms with E-state index in [0.717, 1.165) is 29.4 Å². The van der Waals surface area contributed by atoms with Gasteiger partial charge in [0.2, 0.25) is 0 Å². The van der Waals surface area contributed by atoms with Crippen molar-refractivity contribution in [2.75, 3.05) is 0 Å². The van der Waals surface area contributed by atoms with Crippen LogP contribution >= 0.6 is 11.8 Å². The molecule has 0 atom stereocenters. The number of H-pyrrole nitrogens is 1. The number of aromatic amines is 1. The van der Waals surface area contributed by atoms with Crippen LogP contribution in [0.2, 0.25) is 0 Å². The number of imidazole rings is 1. The molecule has 10 heteroatoms. The first kappa shape index (κ1) is 21.8. The van der Waals surface area contributed by atoms with Crippen LogP contribution in [-0.2, 0) is 25.4 Å². The fourth-order valence-corrected chi connectivity index (χ4v) is 4.42. The van der Waals surface area contributed by atoms with Gasteiger partial charge in [-0.1, -0.05) is 61.5 Å². The Kier molecular flexibility index (Phi) is 6.69. The summed E-state index contributed by atoms with van der Waals surface area (Å²) in [5, 5.41) is 8.88. The first-order chi connectivity index (χ1) is 15.6. The lowest BCUT2D eigenvalue weighted by atomic mass is 10.2. The van der Waals surface area contributed by atoms with E-state index in [4.69, 9.17) is 4.98 Å². The zero-order valence-electron chi connectivity index (χ0n) is 17.9. The number of benzene rings is 1. The lowest BCUT2D eigenvalue weighted by Crippen LogP contribution is -2.31. The highest BCUT2D eigenvalue weighted by Gasteiger charge is 2.19. The number of aromatic nitrogens is 7. The monoisotopic (exact) mass is 451 g/mol. The molecule has 0 unspecified atom stereocenters. The number of unbranched alkanes of at least 4 members (excludes halogenated alkanes) is 1. The lowest BCUT2D eigenvalue weighted by molar-refractivity contribution is 0.626. The molecule has 3 aromatic heterocycles. The summed E-state index contributed by atoms with van der Waals surface area (Å²) in [5.41, 5.74) is 0.916. The molecule has 0 spiro atoms. The molecule has 0 radical (unpaired) electrons. The van der Waals surface area contributed by atoms with Crippen LogP contribution < -0.4 is 11.2 Å². The van der Waals surface area contributed by atoms with Crippen LogP contribution in [0.25, 0.3) is 11.2 Å². The summed E-state index contributed by atoms with van der Waals surface area (Å²) in [5.74, 6) is 1.22. The molecule has 4 aromatic rings. The van der Waals surface area contributed by atoms with Gasteiger partial charge >= 0.3 is 5.69 Å². The van der Waals surface area contributed by atoms with Crippen LogP contribution in [0.1, 0.15) is 31.2 Å². The zero-order valence-corrected chi connectivity index (χ0v) is 18.7. The van der Waals surface area contributed by atoms with Crippen LogP contribution in [0.3, 0.4) is 0 Å². The highest BCUT2D eigenvalue weighted by Crippen LogP contribution is 2.23. The Bertz CT molecular complexity index is 1330. The highest BCUT2D eigenvalue weighted by molar-refractivity contribution is 7.98. The van der Waals surface area contributed by atoms with Crippen LogP contribution in [0.4, 0.5) is 0 Å². The van der Waals surface area contributed by atoms with E-state index in [9.17, 15) is 9.59 Å². The number of fused-ring (bicyclic) bond motifs is 1. The van der Waals surface area contributed by atoms with Crippen molar-refractivity contribution >= 4 is 22.9 Å². The third kappa shape index (κ3) is 4.45. The van der Waals surface area contributed by atoms with E-state index in [0.29, 0.717) is 36.6 Å².